The Balaban J connectivity index is 2.96. The van der Waals surface area contributed by atoms with Crippen molar-refractivity contribution >= 4 is 36.3 Å². The fourth-order valence-corrected chi connectivity index (χ4v) is 3.66. The molecule has 30 heavy (non-hydrogen) atoms. The molecule has 0 aromatic rings. The van der Waals surface area contributed by atoms with E-state index in [0.717, 1.165) is 0 Å². The van der Waals surface area contributed by atoms with Crippen LogP contribution in [0.25, 0.3) is 0 Å². The van der Waals surface area contributed by atoms with Gasteiger partial charge in [0.25, 0.3) is 0 Å². The molecule has 1 heterocycles. The summed E-state index contributed by atoms with van der Waals surface area (Å²) in [5, 5.41) is 14.7. The van der Waals surface area contributed by atoms with Crippen molar-refractivity contribution in [2.45, 2.75) is 77.5 Å². The summed E-state index contributed by atoms with van der Waals surface area (Å²) >= 11 is 4.02. The lowest BCUT2D eigenvalue weighted by Gasteiger charge is -2.31. The maximum Gasteiger partial charge on any atom is 0.326 e. The van der Waals surface area contributed by atoms with Gasteiger partial charge in [-0.15, -0.1) is 0 Å². The van der Waals surface area contributed by atoms with Gasteiger partial charge in [0.2, 0.25) is 17.7 Å². The minimum atomic E-state index is -1.10. The zero-order valence-electron chi connectivity index (χ0n) is 18.3. The molecule has 5 N–H and O–H groups in total. The van der Waals surface area contributed by atoms with Gasteiger partial charge in [0, 0.05) is 12.3 Å². The van der Waals surface area contributed by atoms with Crippen molar-refractivity contribution in [3.05, 3.63) is 0 Å². The number of nitrogens with one attached hydrogen (secondary N) is 2. The molecule has 0 aliphatic carbocycles. The molecule has 1 fully saturated rings. The number of amides is 3. The van der Waals surface area contributed by atoms with Crippen molar-refractivity contribution in [3.63, 3.8) is 0 Å². The molecule has 1 aliphatic heterocycles. The molecule has 5 unspecified atom stereocenters. The second-order valence-corrected chi connectivity index (χ2v) is 8.74. The number of carboxylic acid groups (broad SMARTS) is 1. The number of nitrogens with zero attached hydrogens (tertiary/aromatic N) is 1. The molecule has 0 aromatic heterocycles. The van der Waals surface area contributed by atoms with E-state index in [9.17, 15) is 24.3 Å². The van der Waals surface area contributed by atoms with E-state index in [2.05, 4.69) is 23.3 Å². The average molecular weight is 445 g/mol. The number of aliphatic carboxylic acids is 1. The molecule has 0 bridgehead atoms. The van der Waals surface area contributed by atoms with Crippen molar-refractivity contribution in [2.24, 2.45) is 17.6 Å². The van der Waals surface area contributed by atoms with Gasteiger partial charge in [-0.3, -0.25) is 14.4 Å². The zero-order valence-corrected chi connectivity index (χ0v) is 19.2. The van der Waals surface area contributed by atoms with E-state index in [4.69, 9.17) is 5.73 Å². The Morgan fingerprint density at radius 1 is 1.20 bits per heavy atom. The van der Waals surface area contributed by atoms with Crippen molar-refractivity contribution < 1.29 is 24.3 Å². The van der Waals surface area contributed by atoms with Crippen LogP contribution in [0.2, 0.25) is 0 Å². The summed E-state index contributed by atoms with van der Waals surface area (Å²) in [6.07, 6.45) is 2.07. The van der Waals surface area contributed by atoms with Gasteiger partial charge in [0.1, 0.15) is 18.1 Å². The highest BCUT2D eigenvalue weighted by atomic mass is 32.1. The molecular formula is C20H36N4O5S. The quantitative estimate of drug-likeness (QED) is 0.292. The van der Waals surface area contributed by atoms with Crippen LogP contribution in [0.3, 0.4) is 0 Å². The predicted molar refractivity (Wildman–Crippen MR) is 117 cm³/mol. The predicted octanol–water partition coefficient (Wildman–Crippen LogP) is 0.381. The smallest absolute Gasteiger partial charge is 0.326 e. The summed E-state index contributed by atoms with van der Waals surface area (Å²) in [5.41, 5.74) is 5.72. The number of carbonyl (C=O) groups excluding carboxylic acids is 3. The molecule has 1 saturated heterocycles. The number of carboxylic acids is 1. The summed E-state index contributed by atoms with van der Waals surface area (Å²) in [4.78, 5) is 51.3. The van der Waals surface area contributed by atoms with Crippen molar-refractivity contribution in [3.8, 4) is 0 Å². The summed E-state index contributed by atoms with van der Waals surface area (Å²) in [7, 11) is 0. The number of hydrogen-bond donors (Lipinski definition) is 5. The maximum atomic E-state index is 13.2. The third-order valence-corrected chi connectivity index (χ3v) is 5.86. The zero-order chi connectivity index (χ0) is 23.0. The molecule has 3 amide bonds. The molecule has 1 rings (SSSR count). The highest BCUT2D eigenvalue weighted by molar-refractivity contribution is 7.80. The summed E-state index contributed by atoms with van der Waals surface area (Å²) in [5.74, 6) is -2.36. The fraction of sp³-hybridized carbons (Fsp3) is 0.800. The van der Waals surface area contributed by atoms with Crippen molar-refractivity contribution in [1.82, 2.24) is 15.5 Å². The van der Waals surface area contributed by atoms with E-state index >= 15 is 0 Å². The normalized spacial score (nSPS) is 20.4. The molecule has 172 valence electrons. The van der Waals surface area contributed by atoms with Crippen LogP contribution in [-0.4, -0.2) is 70.2 Å². The van der Waals surface area contributed by atoms with Crippen LogP contribution in [0, 0.1) is 11.8 Å². The summed E-state index contributed by atoms with van der Waals surface area (Å²) in [6.45, 7) is 7.86. The monoisotopic (exact) mass is 444 g/mol. The number of rotatable bonds is 11. The Labute approximate surface area is 183 Å². The van der Waals surface area contributed by atoms with E-state index < -0.39 is 42.0 Å². The lowest BCUT2D eigenvalue weighted by molar-refractivity contribution is -0.146. The number of hydrogen-bond acceptors (Lipinski definition) is 6. The molecule has 0 radical (unpaired) electrons. The van der Waals surface area contributed by atoms with Crippen LogP contribution in [0.4, 0.5) is 0 Å². The van der Waals surface area contributed by atoms with E-state index in [0.29, 0.717) is 32.2 Å². The number of carbonyl (C=O) groups is 4. The van der Waals surface area contributed by atoms with Crippen molar-refractivity contribution in [2.75, 3.05) is 12.3 Å². The third kappa shape index (κ3) is 7.16. The SMILES string of the molecule is CCC(C)C(NC(=O)C1CCCN1C(=O)C(CC(C)C)NC(=O)C(N)CS)C(=O)O. The van der Waals surface area contributed by atoms with Gasteiger partial charge in [-0.2, -0.15) is 12.6 Å². The number of nitrogens with two attached hydrogens (primary N) is 1. The maximum absolute atomic E-state index is 13.2. The Kier molecular flexibility index (Phi) is 10.6. The van der Waals surface area contributed by atoms with Crippen molar-refractivity contribution in [1.29, 1.82) is 0 Å². The fourth-order valence-electron chi connectivity index (χ4n) is 3.49. The Morgan fingerprint density at radius 2 is 1.83 bits per heavy atom. The van der Waals surface area contributed by atoms with Crippen LogP contribution < -0.4 is 16.4 Å². The highest BCUT2D eigenvalue weighted by Gasteiger charge is 2.39. The molecular weight excluding hydrogens is 408 g/mol. The largest absolute Gasteiger partial charge is 0.480 e. The first-order chi connectivity index (χ1) is 14.0. The van der Waals surface area contributed by atoms with Gasteiger partial charge >= 0.3 is 5.97 Å². The van der Waals surface area contributed by atoms with E-state index in [1.165, 1.54) is 4.90 Å². The van der Waals surface area contributed by atoms with Gasteiger partial charge in [-0.1, -0.05) is 34.1 Å². The lowest BCUT2D eigenvalue weighted by atomic mass is 9.98. The lowest BCUT2D eigenvalue weighted by Crippen LogP contribution is -2.57. The number of likely N-dealkylation sites (tertiary alicyclic amines) is 1. The van der Waals surface area contributed by atoms with E-state index in [-0.39, 0.29) is 23.5 Å². The van der Waals surface area contributed by atoms with Crippen LogP contribution in [0.5, 0.6) is 0 Å². The molecule has 0 saturated carbocycles. The number of thiol groups is 1. The van der Waals surface area contributed by atoms with Crippen LogP contribution in [0.1, 0.15) is 53.4 Å². The first-order valence-corrected chi connectivity index (χ1v) is 11.2. The first-order valence-electron chi connectivity index (χ1n) is 10.5. The first kappa shape index (κ1) is 26.2. The average Bonchev–Trinajstić information content (AvgIpc) is 3.18. The minimum Gasteiger partial charge on any atom is -0.480 e. The molecule has 0 aromatic carbocycles. The minimum absolute atomic E-state index is 0.128. The third-order valence-electron chi connectivity index (χ3n) is 5.47. The van der Waals surface area contributed by atoms with E-state index in [1.807, 2.05) is 20.8 Å². The van der Waals surface area contributed by atoms with Gasteiger partial charge in [-0.05, 0) is 31.1 Å². The molecule has 1 aliphatic rings. The van der Waals surface area contributed by atoms with Crippen LogP contribution in [0.15, 0.2) is 0 Å². The Morgan fingerprint density at radius 3 is 2.33 bits per heavy atom. The standard InChI is InChI=1S/C20H36N4O5S/c1-5-12(4)16(20(28)29)23-18(26)15-7-6-8-24(15)19(27)14(9-11(2)3)22-17(25)13(21)10-30/h11-16,30H,5-10,21H2,1-4H3,(H,22,25)(H,23,26)(H,28,29). The van der Waals surface area contributed by atoms with Crippen LogP contribution >= 0.6 is 12.6 Å². The van der Waals surface area contributed by atoms with E-state index in [1.54, 1.807) is 6.92 Å². The molecule has 5 atom stereocenters. The topological polar surface area (TPSA) is 142 Å². The molecule has 9 nitrogen and oxygen atoms in total. The second-order valence-electron chi connectivity index (χ2n) is 8.38. The van der Waals surface area contributed by atoms with Gasteiger partial charge < -0.3 is 26.4 Å². The van der Waals surface area contributed by atoms with Gasteiger partial charge in [0.15, 0.2) is 0 Å². The van der Waals surface area contributed by atoms with Crippen LogP contribution in [-0.2, 0) is 19.2 Å². The summed E-state index contributed by atoms with van der Waals surface area (Å²) < 4.78 is 0. The van der Waals surface area contributed by atoms with Gasteiger partial charge in [-0.25, -0.2) is 4.79 Å². The summed E-state index contributed by atoms with van der Waals surface area (Å²) in [6, 6.07) is -3.41. The second kappa shape index (κ2) is 12.1. The molecule has 0 spiro atoms. The Hall–Kier alpha value is -1.81. The van der Waals surface area contributed by atoms with Gasteiger partial charge in [0.05, 0.1) is 6.04 Å². The highest BCUT2D eigenvalue weighted by Crippen LogP contribution is 2.21. The molecule has 10 heteroatoms. The Bertz CT molecular complexity index is 630.